The van der Waals surface area contributed by atoms with E-state index in [0.29, 0.717) is 0 Å². The lowest BCUT2D eigenvalue weighted by atomic mass is 9.85. The number of halogens is 2. The molecule has 0 saturated carbocycles. The smallest absolute Gasteiger partial charge is 0.410 e. The predicted molar refractivity (Wildman–Crippen MR) is 59.9 cm³/mol. The first-order chi connectivity index (χ1) is 8.74. The Bertz CT molecular complexity index is 377. The fraction of sp³-hybridized carbons (Fsp3) is 0.636. The molecule has 6 nitrogen and oxygen atoms in total. The van der Waals surface area contributed by atoms with Gasteiger partial charge in [0.25, 0.3) is 0 Å². The molecule has 1 aliphatic heterocycles. The van der Waals surface area contributed by atoms with Gasteiger partial charge >= 0.3 is 18.0 Å². The molecule has 0 aromatic carbocycles. The second-order valence-corrected chi connectivity index (χ2v) is 4.26. The first-order valence-electron chi connectivity index (χ1n) is 5.61. The van der Waals surface area contributed by atoms with Gasteiger partial charge in [0.2, 0.25) is 0 Å². The summed E-state index contributed by atoms with van der Waals surface area (Å²) >= 11 is 0. The number of piperidine rings is 1. The van der Waals surface area contributed by atoms with Gasteiger partial charge in [0.1, 0.15) is 12.2 Å². The number of aliphatic hydroxyl groups is 1. The number of carboxylic acid groups (broad SMARTS) is 1. The summed E-state index contributed by atoms with van der Waals surface area (Å²) in [5.41, 5.74) is -2.64. The second-order valence-electron chi connectivity index (χ2n) is 4.26. The van der Waals surface area contributed by atoms with Crippen LogP contribution in [0.5, 0.6) is 0 Å². The molecule has 19 heavy (non-hydrogen) atoms. The summed E-state index contributed by atoms with van der Waals surface area (Å²) in [6.45, 7) is 2.95. The molecule has 1 saturated heterocycles. The van der Waals surface area contributed by atoms with E-state index in [1.165, 1.54) is 6.08 Å². The van der Waals surface area contributed by atoms with E-state index in [1.807, 2.05) is 0 Å². The van der Waals surface area contributed by atoms with Gasteiger partial charge in [0, 0.05) is 25.9 Å². The van der Waals surface area contributed by atoms with Gasteiger partial charge in [-0.25, -0.2) is 9.59 Å². The Morgan fingerprint density at radius 3 is 2.37 bits per heavy atom. The average Bonchev–Trinajstić information content (AvgIpc) is 2.36. The molecule has 0 aliphatic carbocycles. The molecule has 0 atom stereocenters. The minimum Gasteiger partial charge on any atom is -0.477 e. The van der Waals surface area contributed by atoms with Crippen LogP contribution in [0.1, 0.15) is 12.8 Å². The van der Waals surface area contributed by atoms with Crippen molar-refractivity contribution >= 4 is 12.1 Å². The third kappa shape index (κ3) is 3.01. The normalized spacial score (nSPS) is 18.8. The summed E-state index contributed by atoms with van der Waals surface area (Å²) in [5, 5.41) is 18.1. The summed E-state index contributed by atoms with van der Waals surface area (Å²) in [6, 6.07) is 0. The van der Waals surface area contributed by atoms with Crippen molar-refractivity contribution in [3.63, 3.8) is 0 Å². The standard InChI is InChI=1S/C11H15F2NO5/c1-2-7-19-9(17)14-5-3-10(18,4-6-14)11(12,13)8(15)16/h2,18H,1,3-7H2,(H,15,16). The van der Waals surface area contributed by atoms with E-state index in [-0.39, 0.29) is 19.7 Å². The van der Waals surface area contributed by atoms with Crippen LogP contribution in [-0.2, 0) is 9.53 Å². The van der Waals surface area contributed by atoms with Gasteiger partial charge in [-0.3, -0.25) is 0 Å². The number of rotatable bonds is 4. The first-order valence-corrected chi connectivity index (χ1v) is 5.61. The summed E-state index contributed by atoms with van der Waals surface area (Å²) in [4.78, 5) is 23.0. The monoisotopic (exact) mass is 279 g/mol. The highest BCUT2D eigenvalue weighted by Crippen LogP contribution is 2.37. The van der Waals surface area contributed by atoms with Gasteiger partial charge in [-0.2, -0.15) is 8.78 Å². The van der Waals surface area contributed by atoms with Crippen LogP contribution in [0.15, 0.2) is 12.7 Å². The van der Waals surface area contributed by atoms with E-state index >= 15 is 0 Å². The highest BCUT2D eigenvalue weighted by molar-refractivity contribution is 5.77. The zero-order valence-corrected chi connectivity index (χ0v) is 10.1. The van der Waals surface area contributed by atoms with Crippen molar-refractivity contribution < 1.29 is 33.3 Å². The van der Waals surface area contributed by atoms with Crippen molar-refractivity contribution in [2.24, 2.45) is 0 Å². The van der Waals surface area contributed by atoms with Crippen LogP contribution in [0.2, 0.25) is 0 Å². The largest absolute Gasteiger partial charge is 0.477 e. The number of carbonyl (C=O) groups is 2. The van der Waals surface area contributed by atoms with Gasteiger partial charge in [-0.15, -0.1) is 0 Å². The zero-order chi connectivity index (χ0) is 14.7. The first kappa shape index (κ1) is 15.4. The Morgan fingerprint density at radius 1 is 1.42 bits per heavy atom. The van der Waals surface area contributed by atoms with E-state index in [0.717, 1.165) is 4.90 Å². The highest BCUT2D eigenvalue weighted by Gasteiger charge is 2.59. The third-order valence-corrected chi connectivity index (χ3v) is 3.03. The number of hydrogen-bond acceptors (Lipinski definition) is 4. The van der Waals surface area contributed by atoms with Crippen LogP contribution in [-0.4, -0.2) is 58.4 Å². The van der Waals surface area contributed by atoms with E-state index < -0.39 is 36.4 Å². The van der Waals surface area contributed by atoms with Crippen molar-refractivity contribution in [3.8, 4) is 0 Å². The molecule has 1 fully saturated rings. The number of carbonyl (C=O) groups excluding carboxylic acids is 1. The Hall–Kier alpha value is -1.70. The van der Waals surface area contributed by atoms with Crippen LogP contribution < -0.4 is 0 Å². The van der Waals surface area contributed by atoms with Gasteiger partial charge < -0.3 is 19.8 Å². The molecule has 0 aromatic rings. The van der Waals surface area contributed by atoms with E-state index in [2.05, 4.69) is 6.58 Å². The molecule has 1 aliphatic rings. The third-order valence-electron chi connectivity index (χ3n) is 3.03. The summed E-state index contributed by atoms with van der Waals surface area (Å²) in [5.74, 6) is -6.62. The Kier molecular flexibility index (Phi) is 4.46. The average molecular weight is 279 g/mol. The lowest BCUT2D eigenvalue weighted by Gasteiger charge is -2.40. The molecule has 108 valence electrons. The number of nitrogens with zero attached hydrogens (tertiary/aromatic N) is 1. The van der Waals surface area contributed by atoms with Crippen LogP contribution in [0.25, 0.3) is 0 Å². The SMILES string of the molecule is C=CCOC(=O)N1CCC(O)(C(F)(F)C(=O)O)CC1. The van der Waals surface area contributed by atoms with Crippen molar-refractivity contribution in [3.05, 3.63) is 12.7 Å². The van der Waals surface area contributed by atoms with Crippen molar-refractivity contribution in [1.82, 2.24) is 4.90 Å². The number of likely N-dealkylation sites (tertiary alicyclic amines) is 1. The van der Waals surface area contributed by atoms with E-state index in [9.17, 15) is 23.5 Å². The molecule has 8 heteroatoms. The quantitative estimate of drug-likeness (QED) is 0.745. The number of carboxylic acids is 1. The molecule has 0 aromatic heterocycles. The number of aliphatic carboxylic acids is 1. The minimum absolute atomic E-state index is 0.00904. The van der Waals surface area contributed by atoms with Crippen molar-refractivity contribution in [1.29, 1.82) is 0 Å². The maximum atomic E-state index is 13.3. The molecule has 0 bridgehead atoms. The fourth-order valence-corrected chi connectivity index (χ4v) is 1.79. The molecule has 1 heterocycles. The molecular weight excluding hydrogens is 264 g/mol. The van der Waals surface area contributed by atoms with Crippen molar-refractivity contribution in [2.45, 2.75) is 24.4 Å². The fourth-order valence-electron chi connectivity index (χ4n) is 1.79. The number of ether oxygens (including phenoxy) is 1. The summed E-state index contributed by atoms with van der Waals surface area (Å²) in [7, 11) is 0. The Labute approximate surface area is 108 Å². The van der Waals surface area contributed by atoms with Gasteiger partial charge in [0.05, 0.1) is 0 Å². The molecule has 0 radical (unpaired) electrons. The van der Waals surface area contributed by atoms with E-state index in [4.69, 9.17) is 9.84 Å². The van der Waals surface area contributed by atoms with Gasteiger partial charge in [-0.1, -0.05) is 12.7 Å². The number of alkyl halides is 2. The van der Waals surface area contributed by atoms with Crippen LogP contribution >= 0.6 is 0 Å². The van der Waals surface area contributed by atoms with E-state index in [1.54, 1.807) is 0 Å². The van der Waals surface area contributed by atoms with Crippen LogP contribution in [0, 0.1) is 0 Å². The van der Waals surface area contributed by atoms with Crippen LogP contribution in [0.4, 0.5) is 13.6 Å². The van der Waals surface area contributed by atoms with Gasteiger partial charge in [-0.05, 0) is 0 Å². The highest BCUT2D eigenvalue weighted by atomic mass is 19.3. The molecule has 1 amide bonds. The molecule has 1 rings (SSSR count). The van der Waals surface area contributed by atoms with Crippen molar-refractivity contribution in [2.75, 3.05) is 19.7 Å². The predicted octanol–water partition coefficient (Wildman–Crippen LogP) is 0.856. The maximum Gasteiger partial charge on any atom is 0.410 e. The van der Waals surface area contributed by atoms with Crippen LogP contribution in [0.3, 0.4) is 0 Å². The second kappa shape index (κ2) is 5.52. The Balaban J connectivity index is 2.64. The number of amides is 1. The summed E-state index contributed by atoms with van der Waals surface area (Å²) in [6.07, 6.45) is -0.414. The van der Waals surface area contributed by atoms with Gasteiger partial charge in [0.15, 0.2) is 0 Å². The molecule has 0 unspecified atom stereocenters. The maximum absolute atomic E-state index is 13.3. The molecular formula is C11H15F2NO5. The Morgan fingerprint density at radius 2 is 1.95 bits per heavy atom. The lowest BCUT2D eigenvalue weighted by Crippen LogP contribution is -2.59. The summed E-state index contributed by atoms with van der Waals surface area (Å²) < 4.78 is 31.4. The minimum atomic E-state index is -4.25. The zero-order valence-electron chi connectivity index (χ0n) is 10.1. The topological polar surface area (TPSA) is 87.1 Å². The molecule has 2 N–H and O–H groups in total. The number of hydrogen-bond donors (Lipinski definition) is 2. The molecule has 0 spiro atoms. The lowest BCUT2D eigenvalue weighted by molar-refractivity contribution is -0.217.